The van der Waals surface area contributed by atoms with Crippen molar-refractivity contribution in [2.75, 3.05) is 18.0 Å². The number of para-hydroxylation sites is 1. The molecule has 6 nitrogen and oxygen atoms in total. The summed E-state index contributed by atoms with van der Waals surface area (Å²) in [6.45, 7) is 4.55. The monoisotopic (exact) mass is 425 g/mol. The van der Waals surface area contributed by atoms with Gasteiger partial charge in [-0.25, -0.2) is 0 Å². The van der Waals surface area contributed by atoms with Crippen molar-refractivity contribution in [3.8, 4) is 5.82 Å². The van der Waals surface area contributed by atoms with Crippen LogP contribution in [0.25, 0.3) is 16.7 Å². The fourth-order valence-electron chi connectivity index (χ4n) is 4.39. The van der Waals surface area contributed by atoms with E-state index in [4.69, 9.17) is 0 Å². The number of anilines is 1. The molecule has 32 heavy (non-hydrogen) atoms. The number of aromatic nitrogens is 3. The van der Waals surface area contributed by atoms with Crippen molar-refractivity contribution in [1.29, 1.82) is 0 Å². The quantitative estimate of drug-likeness (QED) is 0.506. The normalized spacial score (nSPS) is 13.2. The van der Waals surface area contributed by atoms with Gasteiger partial charge in [-0.15, -0.1) is 10.2 Å². The highest BCUT2D eigenvalue weighted by atomic mass is 16.1. The minimum atomic E-state index is 0.0431. The second-order valence-corrected chi connectivity index (χ2v) is 8.26. The highest BCUT2D eigenvalue weighted by Crippen LogP contribution is 2.26. The average molecular weight is 426 g/mol. The topological polar surface area (TPSA) is 63.1 Å². The first-order valence-electron chi connectivity index (χ1n) is 11.2. The molecule has 0 atom stereocenters. The van der Waals surface area contributed by atoms with E-state index in [1.807, 2.05) is 35.0 Å². The van der Waals surface area contributed by atoms with Gasteiger partial charge in [0.15, 0.2) is 11.6 Å². The lowest BCUT2D eigenvalue weighted by Crippen LogP contribution is -2.31. The summed E-state index contributed by atoms with van der Waals surface area (Å²) < 4.78 is 2.03. The number of benzene rings is 2. The van der Waals surface area contributed by atoms with E-state index in [1.54, 1.807) is 0 Å². The van der Waals surface area contributed by atoms with Crippen LogP contribution in [0.4, 0.5) is 5.82 Å². The smallest absolute Gasteiger partial charge is 0.224 e. The lowest BCUT2D eigenvalue weighted by molar-refractivity contribution is -0.120. The van der Waals surface area contributed by atoms with Gasteiger partial charge in [0.25, 0.3) is 0 Å². The van der Waals surface area contributed by atoms with Gasteiger partial charge >= 0.3 is 0 Å². The summed E-state index contributed by atoms with van der Waals surface area (Å²) in [5, 5.41) is 13.1. The van der Waals surface area contributed by atoms with E-state index in [0.29, 0.717) is 13.0 Å². The first-order valence-corrected chi connectivity index (χ1v) is 11.2. The number of carbonyl (C=O) groups excluding carboxylic acids is 1. The molecule has 0 saturated heterocycles. The van der Waals surface area contributed by atoms with Crippen molar-refractivity contribution < 1.29 is 4.79 Å². The third kappa shape index (κ3) is 3.96. The second kappa shape index (κ2) is 8.83. The molecule has 6 heteroatoms. The Morgan fingerprint density at radius 3 is 2.53 bits per heavy atom. The third-order valence-electron chi connectivity index (χ3n) is 6.06. The van der Waals surface area contributed by atoms with Gasteiger partial charge in [0.1, 0.15) is 0 Å². The number of amides is 1. The second-order valence-electron chi connectivity index (χ2n) is 8.26. The van der Waals surface area contributed by atoms with Gasteiger partial charge in [-0.2, -0.15) is 0 Å². The molecule has 0 unspecified atom stereocenters. The van der Waals surface area contributed by atoms with Crippen LogP contribution in [0.3, 0.4) is 0 Å². The molecule has 4 aromatic rings. The number of hydrogen-bond donors (Lipinski definition) is 1. The van der Waals surface area contributed by atoms with Crippen LogP contribution in [0, 0.1) is 0 Å². The van der Waals surface area contributed by atoms with Crippen molar-refractivity contribution in [2.45, 2.75) is 32.7 Å². The fraction of sp³-hybridized carbons (Fsp3) is 0.269. The summed E-state index contributed by atoms with van der Waals surface area (Å²) in [5.41, 5.74) is 4.79. The lowest BCUT2D eigenvalue weighted by Gasteiger charge is -2.29. The Bertz CT molecular complexity index is 1240. The van der Waals surface area contributed by atoms with Crippen LogP contribution in [0.2, 0.25) is 0 Å². The highest BCUT2D eigenvalue weighted by molar-refractivity contribution is 5.90. The van der Waals surface area contributed by atoms with E-state index in [0.717, 1.165) is 54.0 Å². The minimum Gasteiger partial charge on any atom is -0.356 e. The van der Waals surface area contributed by atoms with Crippen LogP contribution >= 0.6 is 0 Å². The van der Waals surface area contributed by atoms with Crippen LogP contribution < -0.4 is 10.2 Å². The van der Waals surface area contributed by atoms with Gasteiger partial charge in [-0.1, -0.05) is 49.4 Å². The highest BCUT2D eigenvalue weighted by Gasteiger charge is 2.18. The third-order valence-corrected chi connectivity index (χ3v) is 6.06. The summed E-state index contributed by atoms with van der Waals surface area (Å²) in [5.74, 6) is 1.68. The van der Waals surface area contributed by atoms with Gasteiger partial charge in [0, 0.05) is 31.2 Å². The maximum absolute atomic E-state index is 12.3. The van der Waals surface area contributed by atoms with Crippen LogP contribution in [0.5, 0.6) is 0 Å². The molecule has 1 N–H and O–H groups in total. The fourth-order valence-corrected chi connectivity index (χ4v) is 4.39. The summed E-state index contributed by atoms with van der Waals surface area (Å²) >= 11 is 0. The molecule has 0 fully saturated rings. The predicted molar refractivity (Wildman–Crippen MR) is 127 cm³/mol. The standard InChI is InChI=1S/C26H27N5O/c1-2-14-27-26(32)16-21-18-31(23-10-6-5-9-22(21)23)25-12-11-24(28-29-25)30-15-13-19-7-3-4-8-20(19)17-30/h3-12,18H,2,13-17H2,1H3,(H,27,32). The Labute approximate surface area is 187 Å². The number of carbonyl (C=O) groups is 1. The van der Waals surface area contributed by atoms with E-state index in [9.17, 15) is 4.79 Å². The number of rotatable bonds is 6. The molecule has 0 bridgehead atoms. The minimum absolute atomic E-state index is 0.0431. The summed E-state index contributed by atoms with van der Waals surface area (Å²) in [6.07, 6.45) is 4.31. The maximum Gasteiger partial charge on any atom is 0.224 e. The molecule has 2 aromatic heterocycles. The molecule has 5 rings (SSSR count). The molecule has 3 heterocycles. The molecule has 1 amide bonds. The van der Waals surface area contributed by atoms with Crippen LogP contribution in [-0.2, 0) is 24.2 Å². The summed E-state index contributed by atoms with van der Waals surface area (Å²) in [7, 11) is 0. The largest absolute Gasteiger partial charge is 0.356 e. The van der Waals surface area contributed by atoms with E-state index in [2.05, 4.69) is 63.7 Å². The van der Waals surface area contributed by atoms with E-state index in [-0.39, 0.29) is 5.91 Å². The van der Waals surface area contributed by atoms with E-state index in [1.165, 1.54) is 11.1 Å². The molecule has 0 saturated carbocycles. The SMILES string of the molecule is CCCNC(=O)Cc1cn(-c2ccc(N3CCc4ccccc4C3)nn2)c2ccccc12. The van der Waals surface area contributed by atoms with Crippen molar-refractivity contribution in [2.24, 2.45) is 0 Å². The molecule has 1 aliphatic heterocycles. The van der Waals surface area contributed by atoms with Crippen molar-refractivity contribution in [3.05, 3.63) is 83.6 Å². The molecule has 0 radical (unpaired) electrons. The first kappa shape index (κ1) is 20.2. The Morgan fingerprint density at radius 1 is 0.969 bits per heavy atom. The lowest BCUT2D eigenvalue weighted by atomic mass is 10.00. The molecular formula is C26H27N5O. The van der Waals surface area contributed by atoms with E-state index >= 15 is 0 Å². The molecular weight excluding hydrogens is 398 g/mol. The Kier molecular flexibility index (Phi) is 5.58. The van der Waals surface area contributed by atoms with Gasteiger partial charge in [0.2, 0.25) is 5.91 Å². The van der Waals surface area contributed by atoms with Crippen molar-refractivity contribution >= 4 is 22.6 Å². The number of fused-ring (bicyclic) bond motifs is 2. The molecule has 0 aliphatic carbocycles. The molecule has 162 valence electrons. The molecule has 1 aliphatic rings. The zero-order valence-corrected chi connectivity index (χ0v) is 18.3. The Balaban J connectivity index is 1.41. The van der Waals surface area contributed by atoms with Crippen molar-refractivity contribution in [3.63, 3.8) is 0 Å². The van der Waals surface area contributed by atoms with E-state index < -0.39 is 0 Å². The number of nitrogens with zero attached hydrogens (tertiary/aromatic N) is 4. The summed E-state index contributed by atoms with van der Waals surface area (Å²) in [6, 6.07) is 20.8. The zero-order chi connectivity index (χ0) is 21.9. The molecule has 2 aromatic carbocycles. The zero-order valence-electron chi connectivity index (χ0n) is 18.3. The maximum atomic E-state index is 12.3. The molecule has 0 spiro atoms. The average Bonchev–Trinajstić information content (AvgIpc) is 3.21. The predicted octanol–water partition coefficient (Wildman–Crippen LogP) is 4.05. The van der Waals surface area contributed by atoms with Gasteiger partial charge in [0.05, 0.1) is 11.9 Å². The van der Waals surface area contributed by atoms with Crippen molar-refractivity contribution in [1.82, 2.24) is 20.1 Å². The number of hydrogen-bond acceptors (Lipinski definition) is 4. The van der Waals surface area contributed by atoms with Crippen LogP contribution in [-0.4, -0.2) is 33.8 Å². The number of nitrogens with one attached hydrogen (secondary N) is 1. The van der Waals surface area contributed by atoms with Crippen LogP contribution in [0.1, 0.15) is 30.0 Å². The Hall–Kier alpha value is -3.67. The van der Waals surface area contributed by atoms with Gasteiger partial charge in [-0.3, -0.25) is 9.36 Å². The summed E-state index contributed by atoms with van der Waals surface area (Å²) in [4.78, 5) is 14.6. The van der Waals surface area contributed by atoms with Gasteiger partial charge in [-0.05, 0) is 47.7 Å². The Morgan fingerprint density at radius 2 is 1.72 bits per heavy atom. The van der Waals surface area contributed by atoms with Gasteiger partial charge < -0.3 is 10.2 Å². The van der Waals surface area contributed by atoms with Crippen LogP contribution in [0.15, 0.2) is 66.9 Å². The first-order chi connectivity index (χ1) is 15.7.